The fourth-order valence-electron chi connectivity index (χ4n) is 2.60. The van der Waals surface area contributed by atoms with Crippen LogP contribution in [0.1, 0.15) is 13.3 Å². The van der Waals surface area contributed by atoms with Gasteiger partial charge in [-0.3, -0.25) is 4.98 Å². The van der Waals surface area contributed by atoms with Crippen molar-refractivity contribution in [3.8, 4) is 0 Å². The first-order valence-electron chi connectivity index (χ1n) is 7.21. The molecular weight excluding hydrogens is 306 g/mol. The van der Waals surface area contributed by atoms with Crippen LogP contribution in [0, 0.1) is 0 Å². The second-order valence-electron chi connectivity index (χ2n) is 5.76. The van der Waals surface area contributed by atoms with E-state index < -0.39 is 16.1 Å². The Labute approximate surface area is 131 Å². The molecule has 1 fully saturated rings. The molecule has 0 spiro atoms. The predicted molar refractivity (Wildman–Crippen MR) is 81.9 cm³/mol. The maximum absolute atomic E-state index is 12.2. The molecule has 4 atom stereocenters. The summed E-state index contributed by atoms with van der Waals surface area (Å²) in [7, 11) is 0.186. The third kappa shape index (κ3) is 4.02. The summed E-state index contributed by atoms with van der Waals surface area (Å²) in [6.07, 6.45) is 2.19. The maximum Gasteiger partial charge on any atom is 0.242 e. The van der Waals surface area contributed by atoms with E-state index in [1.54, 1.807) is 13.0 Å². The topological polar surface area (TPSA) is 91.8 Å². The number of aliphatic hydroxyl groups excluding tert-OH is 1. The van der Waals surface area contributed by atoms with Gasteiger partial charge in [-0.15, -0.1) is 0 Å². The molecule has 0 aromatic carbocycles. The molecule has 2 heterocycles. The summed E-state index contributed by atoms with van der Waals surface area (Å²) in [6.45, 7) is 1.96. The highest BCUT2D eigenvalue weighted by molar-refractivity contribution is 7.89. The molecule has 1 saturated heterocycles. The highest BCUT2D eigenvalue weighted by Gasteiger charge is 2.36. The molecule has 2 N–H and O–H groups in total. The van der Waals surface area contributed by atoms with E-state index in [4.69, 9.17) is 4.74 Å². The van der Waals surface area contributed by atoms with Crippen LogP contribution in [-0.4, -0.2) is 68.4 Å². The van der Waals surface area contributed by atoms with Gasteiger partial charge in [0.15, 0.2) is 0 Å². The van der Waals surface area contributed by atoms with Gasteiger partial charge in [-0.1, -0.05) is 0 Å². The van der Waals surface area contributed by atoms with Gasteiger partial charge in [-0.25, -0.2) is 13.1 Å². The van der Waals surface area contributed by atoms with Crippen molar-refractivity contribution in [2.24, 2.45) is 0 Å². The van der Waals surface area contributed by atoms with Crippen LogP contribution in [0.4, 0.5) is 0 Å². The van der Waals surface area contributed by atoms with Crippen LogP contribution in [0.15, 0.2) is 29.4 Å². The third-order valence-corrected chi connectivity index (χ3v) is 5.30. The average Bonchev–Trinajstić information content (AvgIpc) is 2.49. The number of sulfonamides is 1. The minimum absolute atomic E-state index is 0.0587. The SMILES string of the molecule is C[C@@H]1O[C@H](CNS(=O)(=O)c2cccnc2)CC(N(C)C)C1O. The molecule has 2 unspecified atom stereocenters. The van der Waals surface area contributed by atoms with Crippen LogP contribution in [0.2, 0.25) is 0 Å². The number of ether oxygens (including phenoxy) is 1. The first kappa shape index (κ1) is 17.3. The van der Waals surface area contributed by atoms with Crippen LogP contribution >= 0.6 is 0 Å². The minimum Gasteiger partial charge on any atom is -0.389 e. The monoisotopic (exact) mass is 329 g/mol. The van der Waals surface area contributed by atoms with Crippen molar-refractivity contribution in [2.45, 2.75) is 42.6 Å². The van der Waals surface area contributed by atoms with Crippen molar-refractivity contribution in [1.82, 2.24) is 14.6 Å². The Balaban J connectivity index is 1.99. The van der Waals surface area contributed by atoms with E-state index in [0.29, 0.717) is 6.42 Å². The standard InChI is InChI=1S/C14H23N3O4S/c1-10-14(18)13(17(2)3)7-11(21-10)8-16-22(19,20)12-5-4-6-15-9-12/h4-6,9-11,13-14,16,18H,7-8H2,1-3H3/t10-,11-,13?,14?/m0/s1. The van der Waals surface area contributed by atoms with Crippen LogP contribution < -0.4 is 4.72 Å². The molecule has 0 radical (unpaired) electrons. The smallest absolute Gasteiger partial charge is 0.242 e. The van der Waals surface area contributed by atoms with Gasteiger partial charge in [0.1, 0.15) is 4.90 Å². The number of likely N-dealkylation sites (N-methyl/N-ethyl adjacent to an activating group) is 1. The molecule has 1 aromatic heterocycles. The molecular formula is C14H23N3O4S. The van der Waals surface area contributed by atoms with Crippen molar-refractivity contribution in [2.75, 3.05) is 20.6 Å². The summed E-state index contributed by atoms with van der Waals surface area (Å²) in [5, 5.41) is 10.1. The van der Waals surface area contributed by atoms with Gasteiger partial charge >= 0.3 is 0 Å². The molecule has 22 heavy (non-hydrogen) atoms. The predicted octanol–water partition coefficient (Wildman–Crippen LogP) is -0.172. The molecule has 1 aliphatic rings. The number of aromatic nitrogens is 1. The second-order valence-corrected chi connectivity index (χ2v) is 7.53. The van der Waals surface area contributed by atoms with Crippen LogP contribution in [0.3, 0.4) is 0 Å². The fraction of sp³-hybridized carbons (Fsp3) is 0.643. The average molecular weight is 329 g/mol. The molecule has 124 valence electrons. The number of pyridine rings is 1. The van der Waals surface area contributed by atoms with E-state index in [9.17, 15) is 13.5 Å². The normalized spacial score (nSPS) is 29.7. The van der Waals surface area contributed by atoms with Gasteiger partial charge in [0.25, 0.3) is 0 Å². The van der Waals surface area contributed by atoms with Crippen LogP contribution in [0.5, 0.6) is 0 Å². The summed E-state index contributed by atoms with van der Waals surface area (Å²) < 4.78 is 32.6. The number of nitrogens with zero attached hydrogens (tertiary/aromatic N) is 2. The Bertz CT molecular complexity index is 579. The molecule has 0 saturated carbocycles. The lowest BCUT2D eigenvalue weighted by atomic mass is 9.95. The molecule has 1 aliphatic heterocycles. The molecule has 1 aromatic rings. The number of nitrogens with one attached hydrogen (secondary N) is 1. The van der Waals surface area contributed by atoms with Crippen LogP contribution in [-0.2, 0) is 14.8 Å². The molecule has 8 heteroatoms. The first-order valence-corrected chi connectivity index (χ1v) is 8.69. The van der Waals surface area contributed by atoms with E-state index in [2.05, 4.69) is 9.71 Å². The van der Waals surface area contributed by atoms with E-state index in [0.717, 1.165) is 0 Å². The van der Waals surface area contributed by atoms with Crippen molar-refractivity contribution in [3.63, 3.8) is 0 Å². The highest BCUT2D eigenvalue weighted by Crippen LogP contribution is 2.23. The lowest BCUT2D eigenvalue weighted by Gasteiger charge is -2.41. The molecule has 2 rings (SSSR count). The number of hydrogen-bond acceptors (Lipinski definition) is 6. The largest absolute Gasteiger partial charge is 0.389 e. The van der Waals surface area contributed by atoms with E-state index >= 15 is 0 Å². The van der Waals surface area contributed by atoms with Gasteiger partial charge < -0.3 is 14.7 Å². The maximum atomic E-state index is 12.2. The van der Waals surface area contributed by atoms with Gasteiger partial charge in [0.2, 0.25) is 10.0 Å². The van der Waals surface area contributed by atoms with Crippen molar-refractivity contribution in [3.05, 3.63) is 24.5 Å². The summed E-state index contributed by atoms with van der Waals surface area (Å²) in [5.41, 5.74) is 0. The van der Waals surface area contributed by atoms with Gasteiger partial charge in [0.05, 0.1) is 18.3 Å². The van der Waals surface area contributed by atoms with E-state index in [1.165, 1.54) is 18.5 Å². The third-order valence-electron chi connectivity index (χ3n) is 3.90. The first-order chi connectivity index (χ1) is 10.3. The van der Waals surface area contributed by atoms with Gasteiger partial charge in [-0.05, 0) is 39.6 Å². The zero-order valence-corrected chi connectivity index (χ0v) is 13.8. The second kappa shape index (κ2) is 7.01. The van der Waals surface area contributed by atoms with E-state index in [-0.39, 0.29) is 29.7 Å². The lowest BCUT2D eigenvalue weighted by Crippen LogP contribution is -2.54. The Hall–Kier alpha value is -1.06. The Morgan fingerprint density at radius 3 is 2.82 bits per heavy atom. The zero-order chi connectivity index (χ0) is 16.3. The van der Waals surface area contributed by atoms with Crippen molar-refractivity contribution >= 4 is 10.0 Å². The Morgan fingerprint density at radius 2 is 2.23 bits per heavy atom. The number of hydrogen-bond donors (Lipinski definition) is 2. The summed E-state index contributed by atoms with van der Waals surface area (Å²) in [4.78, 5) is 5.88. The van der Waals surface area contributed by atoms with E-state index in [1.807, 2.05) is 19.0 Å². The quantitative estimate of drug-likeness (QED) is 0.779. The van der Waals surface area contributed by atoms with Crippen molar-refractivity contribution in [1.29, 1.82) is 0 Å². The summed E-state index contributed by atoms with van der Waals surface area (Å²) >= 11 is 0. The van der Waals surface area contributed by atoms with Gasteiger partial charge in [-0.2, -0.15) is 0 Å². The number of aliphatic hydroxyl groups is 1. The van der Waals surface area contributed by atoms with Crippen molar-refractivity contribution < 1.29 is 18.3 Å². The Morgan fingerprint density at radius 1 is 1.50 bits per heavy atom. The molecule has 0 amide bonds. The zero-order valence-electron chi connectivity index (χ0n) is 13.0. The summed E-state index contributed by atoms with van der Waals surface area (Å²) in [5.74, 6) is 0. The fourth-order valence-corrected chi connectivity index (χ4v) is 3.63. The molecule has 0 bridgehead atoms. The minimum atomic E-state index is -3.60. The molecule has 7 nitrogen and oxygen atoms in total. The summed E-state index contributed by atoms with van der Waals surface area (Å²) in [6, 6.07) is 3.01. The molecule has 0 aliphatic carbocycles. The van der Waals surface area contributed by atoms with Crippen LogP contribution in [0.25, 0.3) is 0 Å². The number of rotatable bonds is 5. The lowest BCUT2D eigenvalue weighted by molar-refractivity contribution is -0.137. The van der Waals surface area contributed by atoms with Gasteiger partial charge in [0, 0.05) is 25.0 Å². The highest BCUT2D eigenvalue weighted by atomic mass is 32.2. The Kier molecular flexibility index (Phi) is 5.51.